The van der Waals surface area contributed by atoms with Gasteiger partial charge in [0.15, 0.2) is 0 Å². The number of phenolic OH excluding ortho intramolecular Hbond substituents is 1. The van der Waals surface area contributed by atoms with E-state index in [0.717, 1.165) is 27.8 Å². The lowest BCUT2D eigenvalue weighted by Gasteiger charge is -2.03. The van der Waals surface area contributed by atoms with Crippen LogP contribution in [0.15, 0.2) is 58.3 Å². The monoisotopic (exact) mass is 310 g/mol. The van der Waals surface area contributed by atoms with Crippen molar-refractivity contribution < 1.29 is 5.11 Å². The Kier molecular flexibility index (Phi) is 5.95. The van der Waals surface area contributed by atoms with Crippen molar-refractivity contribution in [1.29, 1.82) is 0 Å². The Morgan fingerprint density at radius 1 is 0.895 bits per heavy atom. The number of hydrogen-bond acceptors (Lipinski definition) is 3. The quantitative estimate of drug-likeness (QED) is 0.576. The Morgan fingerprint density at radius 2 is 1.58 bits per heavy atom. The summed E-state index contributed by atoms with van der Waals surface area (Å²) in [5, 5.41) is 10.1. The molecule has 0 fully saturated rings. The van der Waals surface area contributed by atoms with E-state index in [1.165, 1.54) is 4.90 Å². The van der Waals surface area contributed by atoms with E-state index >= 15 is 0 Å². The summed E-state index contributed by atoms with van der Waals surface area (Å²) >= 11 is 9.47. The molecule has 0 unspecified atom stereocenters. The molecule has 0 amide bonds. The fraction of sp³-hybridized carbons (Fsp3) is 0.200. The molecule has 0 bridgehead atoms. The van der Waals surface area contributed by atoms with Crippen LogP contribution in [0, 0.1) is 0 Å². The molecule has 0 radical (unpaired) electrons. The van der Waals surface area contributed by atoms with E-state index in [-0.39, 0.29) is 0 Å². The Bertz CT molecular complexity index is 514. The van der Waals surface area contributed by atoms with Crippen molar-refractivity contribution in [3.05, 3.63) is 53.6 Å². The van der Waals surface area contributed by atoms with Gasteiger partial charge in [0.05, 0.1) is 0 Å². The zero-order valence-electron chi connectivity index (χ0n) is 10.4. The zero-order valence-corrected chi connectivity index (χ0v) is 12.8. The zero-order chi connectivity index (χ0) is 13.5. The molecular weight excluding hydrogens is 296 g/mol. The van der Waals surface area contributed by atoms with Crippen LogP contribution in [0.3, 0.4) is 0 Å². The second kappa shape index (κ2) is 7.73. The van der Waals surface area contributed by atoms with E-state index in [0.29, 0.717) is 5.75 Å². The third-order valence-electron chi connectivity index (χ3n) is 2.46. The van der Waals surface area contributed by atoms with Crippen LogP contribution in [0.4, 0.5) is 0 Å². The SMILES string of the molecule is Oc1cccc(SCCCSc2ccc(Cl)cc2)c1. The molecule has 0 atom stereocenters. The normalized spacial score (nSPS) is 10.6. The lowest BCUT2D eigenvalue weighted by atomic mass is 10.3. The summed E-state index contributed by atoms with van der Waals surface area (Å²) in [7, 11) is 0. The predicted octanol–water partition coefficient (Wildman–Crippen LogP) is 5.32. The van der Waals surface area contributed by atoms with Crippen molar-refractivity contribution in [2.24, 2.45) is 0 Å². The van der Waals surface area contributed by atoms with Crippen molar-refractivity contribution >= 4 is 35.1 Å². The smallest absolute Gasteiger partial charge is 0.116 e. The lowest BCUT2D eigenvalue weighted by Crippen LogP contribution is -1.84. The van der Waals surface area contributed by atoms with Crippen LogP contribution < -0.4 is 0 Å². The first-order valence-electron chi connectivity index (χ1n) is 6.04. The number of benzene rings is 2. The first kappa shape index (κ1) is 14.6. The number of aromatic hydroxyl groups is 1. The van der Waals surface area contributed by atoms with Crippen LogP contribution >= 0.6 is 35.1 Å². The molecule has 2 rings (SSSR count). The molecule has 0 saturated heterocycles. The van der Waals surface area contributed by atoms with Crippen LogP contribution in [-0.4, -0.2) is 16.6 Å². The summed E-state index contributed by atoms with van der Waals surface area (Å²) in [6.45, 7) is 0. The van der Waals surface area contributed by atoms with Gasteiger partial charge in [-0.2, -0.15) is 0 Å². The minimum absolute atomic E-state index is 0.334. The molecular formula is C15H15ClOS2. The first-order valence-corrected chi connectivity index (χ1v) is 8.39. The first-order chi connectivity index (χ1) is 9.24. The average Bonchev–Trinajstić information content (AvgIpc) is 2.41. The highest BCUT2D eigenvalue weighted by atomic mass is 35.5. The van der Waals surface area contributed by atoms with Crippen molar-refractivity contribution in [1.82, 2.24) is 0 Å². The highest BCUT2D eigenvalue weighted by Crippen LogP contribution is 2.25. The van der Waals surface area contributed by atoms with E-state index in [1.807, 2.05) is 36.0 Å². The molecule has 0 saturated carbocycles. The minimum Gasteiger partial charge on any atom is -0.508 e. The topological polar surface area (TPSA) is 20.2 Å². The van der Waals surface area contributed by atoms with Crippen molar-refractivity contribution in [3.63, 3.8) is 0 Å². The molecule has 0 aliphatic heterocycles. The van der Waals surface area contributed by atoms with Crippen molar-refractivity contribution in [3.8, 4) is 5.75 Å². The van der Waals surface area contributed by atoms with Gasteiger partial charge in [0.2, 0.25) is 0 Å². The Hall–Kier alpha value is -0.770. The summed E-state index contributed by atoms with van der Waals surface area (Å²) in [5.41, 5.74) is 0. The van der Waals surface area contributed by atoms with E-state index in [2.05, 4.69) is 12.1 Å². The molecule has 0 aromatic heterocycles. The predicted molar refractivity (Wildman–Crippen MR) is 85.6 cm³/mol. The van der Waals surface area contributed by atoms with E-state index in [4.69, 9.17) is 11.6 Å². The maximum Gasteiger partial charge on any atom is 0.116 e. The Morgan fingerprint density at radius 3 is 2.26 bits per heavy atom. The van der Waals surface area contributed by atoms with Gasteiger partial charge in [-0.15, -0.1) is 23.5 Å². The van der Waals surface area contributed by atoms with Crippen LogP contribution in [0.25, 0.3) is 0 Å². The molecule has 0 heterocycles. The van der Waals surface area contributed by atoms with Gasteiger partial charge in [-0.1, -0.05) is 17.7 Å². The molecule has 100 valence electrons. The molecule has 0 aliphatic rings. The van der Waals surface area contributed by atoms with Crippen LogP contribution in [-0.2, 0) is 0 Å². The third-order valence-corrected chi connectivity index (χ3v) is 4.89. The van der Waals surface area contributed by atoms with Crippen molar-refractivity contribution in [2.75, 3.05) is 11.5 Å². The van der Waals surface area contributed by atoms with Gasteiger partial charge < -0.3 is 5.11 Å². The van der Waals surface area contributed by atoms with Crippen LogP contribution in [0.2, 0.25) is 5.02 Å². The summed E-state index contributed by atoms with van der Waals surface area (Å²) in [6, 6.07) is 15.3. The average molecular weight is 311 g/mol. The second-order valence-electron chi connectivity index (χ2n) is 4.00. The van der Waals surface area contributed by atoms with Gasteiger partial charge in [0.25, 0.3) is 0 Å². The maximum absolute atomic E-state index is 9.36. The molecule has 0 aliphatic carbocycles. The van der Waals surface area contributed by atoms with Crippen molar-refractivity contribution in [2.45, 2.75) is 16.2 Å². The molecule has 2 aromatic rings. The summed E-state index contributed by atoms with van der Waals surface area (Å²) in [6.07, 6.45) is 1.13. The maximum atomic E-state index is 9.36. The number of hydrogen-bond donors (Lipinski definition) is 1. The Labute approximate surface area is 127 Å². The molecule has 4 heteroatoms. The fourth-order valence-electron chi connectivity index (χ4n) is 1.54. The number of rotatable bonds is 6. The lowest BCUT2D eigenvalue weighted by molar-refractivity contribution is 0.474. The highest BCUT2D eigenvalue weighted by Gasteiger charge is 1.97. The molecule has 2 aromatic carbocycles. The summed E-state index contributed by atoms with van der Waals surface area (Å²) < 4.78 is 0. The van der Waals surface area contributed by atoms with Gasteiger partial charge in [0, 0.05) is 14.8 Å². The fourth-order valence-corrected chi connectivity index (χ4v) is 3.61. The van der Waals surface area contributed by atoms with Gasteiger partial charge in [-0.05, 0) is 60.4 Å². The molecule has 19 heavy (non-hydrogen) atoms. The molecule has 1 N–H and O–H groups in total. The van der Waals surface area contributed by atoms with Crippen LogP contribution in [0.5, 0.6) is 5.75 Å². The number of halogens is 1. The second-order valence-corrected chi connectivity index (χ2v) is 6.77. The number of thioether (sulfide) groups is 2. The van der Waals surface area contributed by atoms with Gasteiger partial charge in [-0.3, -0.25) is 0 Å². The highest BCUT2D eigenvalue weighted by molar-refractivity contribution is 8.00. The van der Waals surface area contributed by atoms with Crippen LogP contribution in [0.1, 0.15) is 6.42 Å². The van der Waals surface area contributed by atoms with E-state index < -0.39 is 0 Å². The minimum atomic E-state index is 0.334. The summed E-state index contributed by atoms with van der Waals surface area (Å²) in [5.74, 6) is 2.48. The van der Waals surface area contributed by atoms with E-state index in [9.17, 15) is 5.11 Å². The largest absolute Gasteiger partial charge is 0.508 e. The third kappa shape index (κ3) is 5.39. The molecule has 1 nitrogen and oxygen atoms in total. The van der Waals surface area contributed by atoms with E-state index in [1.54, 1.807) is 23.9 Å². The Balaban J connectivity index is 1.66. The van der Waals surface area contributed by atoms with Gasteiger partial charge >= 0.3 is 0 Å². The van der Waals surface area contributed by atoms with Gasteiger partial charge in [0.1, 0.15) is 5.75 Å². The molecule has 0 spiro atoms. The standard InChI is InChI=1S/C15H15ClOS2/c16-12-5-7-14(8-6-12)18-9-2-10-19-15-4-1-3-13(17)11-15/h1,3-8,11,17H,2,9-10H2. The summed E-state index contributed by atoms with van der Waals surface area (Å²) in [4.78, 5) is 2.38. The van der Waals surface area contributed by atoms with Gasteiger partial charge in [-0.25, -0.2) is 0 Å². The number of phenols is 1.